The Labute approximate surface area is 189 Å². The number of rotatable bonds is 7. The zero-order chi connectivity index (χ0) is 23.2. The smallest absolute Gasteiger partial charge is 0.305 e. The van der Waals surface area contributed by atoms with Crippen LogP contribution in [0.5, 0.6) is 0 Å². The van der Waals surface area contributed by atoms with Crippen LogP contribution in [0.2, 0.25) is 0 Å². The van der Waals surface area contributed by atoms with Gasteiger partial charge in [-0.3, -0.25) is 9.78 Å². The van der Waals surface area contributed by atoms with E-state index in [1.165, 1.54) is 7.11 Å². The average Bonchev–Trinajstić information content (AvgIpc) is 3.31. The van der Waals surface area contributed by atoms with E-state index in [0.717, 1.165) is 17.0 Å². The largest absolute Gasteiger partial charge is 0.469 e. The predicted molar refractivity (Wildman–Crippen MR) is 119 cm³/mol. The number of pyridine rings is 1. The maximum absolute atomic E-state index is 11.4. The number of nitrogens with two attached hydrogens (primary N) is 1. The Kier molecular flexibility index (Phi) is 6.31. The molecule has 0 saturated heterocycles. The number of carbonyl (C=O) groups excluding carboxylic acids is 1. The molecule has 0 radical (unpaired) electrons. The van der Waals surface area contributed by atoms with Crippen molar-refractivity contribution in [1.29, 1.82) is 5.26 Å². The summed E-state index contributed by atoms with van der Waals surface area (Å²) in [5, 5.41) is 17.5. The van der Waals surface area contributed by atoms with Crippen LogP contribution in [0, 0.1) is 11.3 Å². The molecule has 0 aliphatic carbocycles. The van der Waals surface area contributed by atoms with Gasteiger partial charge in [-0.15, -0.1) is 5.10 Å². The minimum Gasteiger partial charge on any atom is -0.469 e. The first-order valence-corrected chi connectivity index (χ1v) is 10.1. The highest BCUT2D eigenvalue weighted by Gasteiger charge is 2.12. The average molecular weight is 440 g/mol. The Hall–Kier alpha value is -4.65. The monoisotopic (exact) mass is 440 g/mol. The molecular formula is C23H20N8O2. The second-order valence-corrected chi connectivity index (χ2v) is 7.19. The van der Waals surface area contributed by atoms with E-state index in [-0.39, 0.29) is 18.3 Å². The van der Waals surface area contributed by atoms with E-state index in [1.54, 1.807) is 35.1 Å². The van der Waals surface area contributed by atoms with Crippen molar-refractivity contribution < 1.29 is 9.53 Å². The van der Waals surface area contributed by atoms with Gasteiger partial charge in [0.05, 0.1) is 55.0 Å². The Morgan fingerprint density at radius 1 is 1.06 bits per heavy atom. The van der Waals surface area contributed by atoms with Gasteiger partial charge in [0.1, 0.15) is 5.69 Å². The number of aromatic nitrogens is 6. The molecule has 10 heteroatoms. The molecule has 4 aromatic rings. The summed E-state index contributed by atoms with van der Waals surface area (Å²) in [5.74, 6) is -0.176. The van der Waals surface area contributed by atoms with E-state index in [0.29, 0.717) is 35.6 Å². The van der Waals surface area contributed by atoms with Gasteiger partial charge in [0, 0.05) is 17.7 Å². The first-order chi connectivity index (χ1) is 16.0. The zero-order valence-corrected chi connectivity index (χ0v) is 17.8. The van der Waals surface area contributed by atoms with Crippen molar-refractivity contribution >= 4 is 11.9 Å². The highest BCUT2D eigenvalue weighted by atomic mass is 16.5. The highest BCUT2D eigenvalue weighted by molar-refractivity contribution is 5.69. The number of nitrogens with zero attached hydrogens (tertiary/aromatic N) is 7. The second kappa shape index (κ2) is 9.65. The number of anilines is 1. The molecule has 0 amide bonds. The van der Waals surface area contributed by atoms with E-state index < -0.39 is 0 Å². The fraction of sp³-hybridized carbons (Fsp3) is 0.174. The maximum Gasteiger partial charge on any atom is 0.305 e. The molecule has 3 aromatic heterocycles. The SMILES string of the molecule is COC(=O)CCc1cccc(Cn2cc(-c3cc(-c4cccc(C#N)c4)nc(N)n3)nn2)n1. The minimum absolute atomic E-state index is 0.0967. The van der Waals surface area contributed by atoms with Crippen LogP contribution in [0.3, 0.4) is 0 Å². The Bertz CT molecular complexity index is 1340. The van der Waals surface area contributed by atoms with Crippen molar-refractivity contribution in [2.75, 3.05) is 12.8 Å². The quantitative estimate of drug-likeness (QED) is 0.428. The lowest BCUT2D eigenvalue weighted by atomic mass is 10.1. The minimum atomic E-state index is -0.272. The summed E-state index contributed by atoms with van der Waals surface area (Å²) in [6, 6.07) is 16.6. The molecule has 0 fully saturated rings. The molecule has 33 heavy (non-hydrogen) atoms. The number of esters is 1. The van der Waals surface area contributed by atoms with E-state index in [2.05, 4.69) is 36.1 Å². The first-order valence-electron chi connectivity index (χ1n) is 10.1. The Morgan fingerprint density at radius 3 is 2.67 bits per heavy atom. The van der Waals surface area contributed by atoms with Gasteiger partial charge in [-0.25, -0.2) is 14.6 Å². The number of nitriles is 1. The van der Waals surface area contributed by atoms with E-state index in [1.807, 2.05) is 24.3 Å². The fourth-order valence-electron chi connectivity index (χ4n) is 3.24. The van der Waals surface area contributed by atoms with Crippen LogP contribution in [0.4, 0.5) is 5.95 Å². The molecule has 10 nitrogen and oxygen atoms in total. The van der Waals surface area contributed by atoms with Crippen LogP contribution in [-0.4, -0.2) is 43.0 Å². The number of methoxy groups -OCH3 is 1. The Balaban J connectivity index is 1.54. The van der Waals surface area contributed by atoms with E-state index in [4.69, 9.17) is 11.0 Å². The van der Waals surface area contributed by atoms with E-state index in [9.17, 15) is 4.79 Å². The summed E-state index contributed by atoms with van der Waals surface area (Å²) in [6.07, 6.45) is 2.52. The van der Waals surface area contributed by atoms with Crippen LogP contribution in [0.25, 0.3) is 22.6 Å². The third-order valence-electron chi connectivity index (χ3n) is 4.83. The molecule has 0 bridgehead atoms. The van der Waals surface area contributed by atoms with Gasteiger partial charge in [-0.05, 0) is 30.3 Å². The normalized spacial score (nSPS) is 10.5. The summed E-state index contributed by atoms with van der Waals surface area (Å²) in [5.41, 5.74) is 10.4. The number of carbonyl (C=O) groups is 1. The summed E-state index contributed by atoms with van der Waals surface area (Å²) < 4.78 is 6.33. The molecule has 2 N–H and O–H groups in total. The first kappa shape index (κ1) is 21.6. The van der Waals surface area contributed by atoms with Crippen molar-refractivity contribution in [3.05, 3.63) is 71.7 Å². The molecular weight excluding hydrogens is 420 g/mol. The second-order valence-electron chi connectivity index (χ2n) is 7.19. The number of hydrogen-bond acceptors (Lipinski definition) is 9. The lowest BCUT2D eigenvalue weighted by Gasteiger charge is -2.05. The lowest BCUT2D eigenvalue weighted by molar-refractivity contribution is -0.140. The van der Waals surface area contributed by atoms with Crippen LogP contribution < -0.4 is 5.73 Å². The summed E-state index contributed by atoms with van der Waals surface area (Å²) in [7, 11) is 1.37. The third-order valence-corrected chi connectivity index (χ3v) is 4.83. The van der Waals surface area contributed by atoms with Crippen molar-refractivity contribution in [3.63, 3.8) is 0 Å². The molecule has 0 atom stereocenters. The van der Waals surface area contributed by atoms with E-state index >= 15 is 0 Å². The van der Waals surface area contributed by atoms with Crippen molar-refractivity contribution in [2.24, 2.45) is 0 Å². The molecule has 1 aromatic carbocycles. The fourth-order valence-corrected chi connectivity index (χ4v) is 3.24. The van der Waals surface area contributed by atoms with Gasteiger partial charge in [0.2, 0.25) is 5.95 Å². The lowest BCUT2D eigenvalue weighted by Crippen LogP contribution is -2.06. The molecule has 3 heterocycles. The maximum atomic E-state index is 11.4. The van der Waals surface area contributed by atoms with Crippen LogP contribution in [-0.2, 0) is 22.5 Å². The summed E-state index contributed by atoms with van der Waals surface area (Å²) in [6.45, 7) is 0.400. The van der Waals surface area contributed by atoms with Gasteiger partial charge < -0.3 is 10.5 Å². The standard InChI is InChI=1S/C23H20N8O2/c1-33-22(32)9-8-17-6-3-7-18(26-17)13-31-14-21(29-30-31)20-11-19(27-23(25)28-20)16-5-2-4-15(10-16)12-24/h2-7,10-11,14H,8-9,13H2,1H3,(H2,25,27,28). The van der Waals surface area contributed by atoms with Crippen molar-refractivity contribution in [3.8, 4) is 28.7 Å². The molecule has 0 aliphatic rings. The molecule has 164 valence electrons. The zero-order valence-electron chi connectivity index (χ0n) is 17.8. The van der Waals surface area contributed by atoms with Gasteiger partial charge in [0.25, 0.3) is 0 Å². The van der Waals surface area contributed by atoms with Gasteiger partial charge in [-0.1, -0.05) is 23.4 Å². The summed E-state index contributed by atoms with van der Waals surface area (Å²) in [4.78, 5) is 24.5. The molecule has 0 spiro atoms. The molecule has 0 aliphatic heterocycles. The van der Waals surface area contributed by atoms with Gasteiger partial charge >= 0.3 is 5.97 Å². The van der Waals surface area contributed by atoms with Crippen LogP contribution >= 0.6 is 0 Å². The number of benzene rings is 1. The number of ether oxygens (including phenoxy) is 1. The molecule has 4 rings (SSSR count). The van der Waals surface area contributed by atoms with Crippen LogP contribution in [0.1, 0.15) is 23.4 Å². The Morgan fingerprint density at radius 2 is 1.85 bits per heavy atom. The van der Waals surface area contributed by atoms with Crippen molar-refractivity contribution in [1.82, 2.24) is 29.9 Å². The number of aryl methyl sites for hydroxylation is 1. The van der Waals surface area contributed by atoms with Crippen molar-refractivity contribution in [2.45, 2.75) is 19.4 Å². The molecule has 0 unspecified atom stereocenters. The van der Waals surface area contributed by atoms with Crippen LogP contribution in [0.15, 0.2) is 54.7 Å². The number of nitrogen functional groups attached to an aromatic ring is 1. The van der Waals surface area contributed by atoms with Gasteiger partial charge in [0.15, 0.2) is 0 Å². The molecule has 0 saturated carbocycles. The van der Waals surface area contributed by atoms with Gasteiger partial charge in [-0.2, -0.15) is 5.26 Å². The highest BCUT2D eigenvalue weighted by Crippen LogP contribution is 2.24. The predicted octanol–water partition coefficient (Wildman–Crippen LogP) is 2.40. The number of hydrogen-bond donors (Lipinski definition) is 1. The summed E-state index contributed by atoms with van der Waals surface area (Å²) >= 11 is 0. The topological polar surface area (TPSA) is 145 Å². The third kappa shape index (κ3) is 5.34.